The van der Waals surface area contributed by atoms with Crippen molar-refractivity contribution in [3.63, 3.8) is 0 Å². The molecule has 0 bridgehead atoms. The fourth-order valence-electron chi connectivity index (χ4n) is 4.46. The van der Waals surface area contributed by atoms with Gasteiger partial charge in [0.25, 0.3) is 0 Å². The van der Waals surface area contributed by atoms with Crippen LogP contribution < -0.4 is 0 Å². The van der Waals surface area contributed by atoms with Crippen LogP contribution in [0.5, 0.6) is 0 Å². The van der Waals surface area contributed by atoms with E-state index in [1.165, 1.54) is 35.4 Å². The molecule has 0 spiro atoms. The van der Waals surface area contributed by atoms with Crippen molar-refractivity contribution in [2.24, 2.45) is 0 Å². The molecule has 0 atom stereocenters. The van der Waals surface area contributed by atoms with Crippen LogP contribution >= 0.6 is 7.81 Å². The Bertz CT molecular complexity index is 1990. The first-order valence-electron chi connectivity index (χ1n) is 16.8. The zero-order valence-electron chi connectivity index (χ0n) is 32.0. The van der Waals surface area contributed by atoms with Crippen molar-refractivity contribution in [3.8, 4) is 11.4 Å². The number of nitrogens with zero attached hydrogens (tertiary/aromatic N) is 4. The van der Waals surface area contributed by atoms with Crippen molar-refractivity contribution < 1.29 is 54.1 Å². The van der Waals surface area contributed by atoms with E-state index < -0.39 is 7.81 Å². The van der Waals surface area contributed by atoms with E-state index in [2.05, 4.69) is 97.2 Å². The van der Waals surface area contributed by atoms with E-state index in [1.54, 1.807) is 24.5 Å². The largest absolute Gasteiger partial charge is 0 e. The Kier molecular flexibility index (Phi) is 15.6. The van der Waals surface area contributed by atoms with Crippen molar-refractivity contribution in [1.82, 2.24) is 19.9 Å². The topological polar surface area (TPSA) is 51.6 Å². The molecule has 3 radical (unpaired) electrons. The van der Waals surface area contributed by atoms with Crippen LogP contribution in [-0.2, 0) is 30.9 Å². The van der Waals surface area contributed by atoms with E-state index in [-0.39, 0.29) is 43.3 Å². The minimum absolute atomic E-state index is 0. The van der Waals surface area contributed by atoms with Gasteiger partial charge in [0.05, 0.1) is 22.8 Å². The minimum atomic E-state index is -10.7. The summed E-state index contributed by atoms with van der Waals surface area (Å²) in [6.07, 6.45) is 15.6. The van der Waals surface area contributed by atoms with E-state index in [0.29, 0.717) is 0 Å². The predicted molar refractivity (Wildman–Crippen MR) is 206 cm³/mol. The summed E-state index contributed by atoms with van der Waals surface area (Å²) >= 11 is 0. The van der Waals surface area contributed by atoms with Crippen LogP contribution in [0, 0.1) is 26.2 Å². The number of halogens is 8. The molecular formula is C42H42F8IrN4P-. The second-order valence-electron chi connectivity index (χ2n) is 14.6. The summed E-state index contributed by atoms with van der Waals surface area (Å²) in [6, 6.07) is 16.2. The van der Waals surface area contributed by atoms with Crippen LogP contribution in [0.3, 0.4) is 0 Å². The molecule has 301 valence electrons. The third-order valence-corrected chi connectivity index (χ3v) is 7.44. The summed E-state index contributed by atoms with van der Waals surface area (Å²) in [5.41, 5.74) is 15.8. The van der Waals surface area contributed by atoms with Crippen LogP contribution in [0.2, 0.25) is 0 Å². The Hall–Kier alpha value is -4.36. The maximum absolute atomic E-state index is 12.6. The van der Waals surface area contributed by atoms with E-state index in [9.17, 15) is 34.0 Å². The summed E-state index contributed by atoms with van der Waals surface area (Å²) < 4.78 is 84.4. The molecular weight excluding hydrogens is 936 g/mol. The van der Waals surface area contributed by atoms with Gasteiger partial charge in [0.15, 0.2) is 12.3 Å². The van der Waals surface area contributed by atoms with Crippen LogP contribution in [-0.4, -0.2) is 19.9 Å². The Balaban J connectivity index is 0.000000270. The smallest absolute Gasteiger partial charge is 0 e. The van der Waals surface area contributed by atoms with Crippen molar-refractivity contribution >= 4 is 19.0 Å². The van der Waals surface area contributed by atoms with Gasteiger partial charge in [-0.2, -0.15) is 0 Å². The molecule has 0 saturated carbocycles. The molecule has 4 nitrogen and oxygen atoms in total. The fraction of sp³-hybridized carbons (Fsp3) is 0.238. The van der Waals surface area contributed by atoms with Gasteiger partial charge in [-0.1, -0.05) is 53.7 Å². The number of hydrogen-bond acceptors (Lipinski definition) is 4. The van der Waals surface area contributed by atoms with Gasteiger partial charge in [-0.3, -0.25) is 19.9 Å². The van der Waals surface area contributed by atoms with Gasteiger partial charge < -0.3 is 0 Å². The van der Waals surface area contributed by atoms with Gasteiger partial charge >= 0.3 is 33.0 Å². The zero-order chi connectivity index (χ0) is 41.3. The third kappa shape index (κ3) is 18.5. The van der Waals surface area contributed by atoms with Crippen molar-refractivity contribution in [2.45, 2.75) is 66.2 Å². The molecule has 2 aliphatic carbocycles. The first-order valence-corrected chi connectivity index (χ1v) is 18.9. The molecule has 0 amide bonds. The first kappa shape index (κ1) is 47.8. The molecule has 0 saturated heterocycles. The Morgan fingerprint density at radius 2 is 0.839 bits per heavy atom. The standard InChI is InChI=1S/C18H24N2.2C12H9FN.F6P.Ir/c1-17(2,3)13-7-9-19-15(11-13)16-12-14(8-10-20-16)18(4,5)6;2*1-9-2-7-12(14-8-9)10-3-5-11(13)6-4-10;1-7(2,3,4,5)6;/h7-12H,1-6H3;2*2-3,5-8H,1H3;;/q;;;-1;. The van der Waals surface area contributed by atoms with Crippen LogP contribution in [0.1, 0.15) is 75.2 Å². The minimum Gasteiger partial charge on any atom is 0 e. The number of allylic oxidation sites excluding steroid dienone is 6. The number of pyridine rings is 4. The van der Waals surface area contributed by atoms with Gasteiger partial charge in [-0.25, -0.2) is 8.78 Å². The summed E-state index contributed by atoms with van der Waals surface area (Å²) in [5, 5.41) is 0. The van der Waals surface area contributed by atoms with E-state index in [4.69, 9.17) is 0 Å². The first-order chi connectivity index (χ1) is 25.1. The van der Waals surface area contributed by atoms with Crippen molar-refractivity contribution in [2.75, 3.05) is 0 Å². The Morgan fingerprint density at radius 1 is 0.500 bits per heavy atom. The SMILES string of the molecule is CC(C)(C)c1ccnc(-c2cc(C(C)(C)C)ccn2)c1.Cc1ccc(C2=C=C[C](F)C=C2)nc1.Cc1ccc(C2=C=C[C](F)C=C2)nc1.F[P-](F)(F)(F)(F)F.[Ir]. The van der Waals surface area contributed by atoms with Gasteiger partial charge in [-0.05, 0) is 108 Å². The molecule has 4 aromatic heterocycles. The number of rotatable bonds is 3. The molecule has 2 aliphatic rings. The summed E-state index contributed by atoms with van der Waals surface area (Å²) in [4.78, 5) is 17.4. The summed E-state index contributed by atoms with van der Waals surface area (Å²) in [7, 11) is -10.7. The Labute approximate surface area is 336 Å². The van der Waals surface area contributed by atoms with Crippen molar-refractivity contribution in [3.05, 3.63) is 167 Å². The quantitative estimate of drug-likeness (QED) is 0.117. The monoisotopic (exact) mass is 978 g/mol. The maximum atomic E-state index is 12.6. The zero-order valence-corrected chi connectivity index (χ0v) is 35.3. The molecule has 0 aliphatic heterocycles. The average molecular weight is 978 g/mol. The molecule has 0 fully saturated rings. The maximum Gasteiger partial charge on any atom is 0 e. The average Bonchev–Trinajstić information content (AvgIpc) is 3.08. The van der Waals surface area contributed by atoms with Crippen LogP contribution in [0.25, 0.3) is 22.5 Å². The van der Waals surface area contributed by atoms with Crippen molar-refractivity contribution in [1.29, 1.82) is 0 Å². The van der Waals surface area contributed by atoms with Crippen LogP contribution in [0.4, 0.5) is 34.0 Å². The Morgan fingerprint density at radius 3 is 1.09 bits per heavy atom. The second kappa shape index (κ2) is 18.3. The predicted octanol–water partition coefficient (Wildman–Crippen LogP) is 14.1. The number of hydrogen-bond donors (Lipinski definition) is 0. The van der Waals surface area contributed by atoms with Crippen LogP contribution in [0.15, 0.2) is 121 Å². The summed E-state index contributed by atoms with van der Waals surface area (Å²) in [6.45, 7) is 17.2. The van der Waals surface area contributed by atoms with E-state index >= 15 is 0 Å². The number of aryl methyl sites for hydroxylation is 2. The number of aromatic nitrogens is 4. The van der Waals surface area contributed by atoms with Gasteiger partial charge in [0.2, 0.25) is 0 Å². The normalized spacial score (nSPS) is 15.2. The molecule has 4 aromatic rings. The molecule has 0 aromatic carbocycles. The van der Waals surface area contributed by atoms with Gasteiger partial charge in [0, 0.05) is 68.2 Å². The molecule has 56 heavy (non-hydrogen) atoms. The molecule has 4 heterocycles. The molecule has 6 rings (SSSR count). The summed E-state index contributed by atoms with van der Waals surface area (Å²) in [5.74, 6) is 0. The fourth-order valence-corrected chi connectivity index (χ4v) is 4.46. The molecule has 14 heteroatoms. The third-order valence-electron chi connectivity index (χ3n) is 7.44. The van der Waals surface area contributed by atoms with Gasteiger partial charge in [-0.15, -0.1) is 11.5 Å². The molecule has 0 N–H and O–H groups in total. The van der Waals surface area contributed by atoms with Gasteiger partial charge in [0.1, 0.15) is 0 Å². The second-order valence-corrected chi connectivity index (χ2v) is 16.5. The molecule has 0 unspecified atom stereocenters. The van der Waals surface area contributed by atoms with E-state index in [1.807, 2.05) is 50.5 Å². The van der Waals surface area contributed by atoms with E-state index in [0.717, 1.165) is 45.0 Å².